The molecule has 3 aromatic rings. The maximum absolute atomic E-state index is 14.7. The number of thiophene rings is 1. The van der Waals surface area contributed by atoms with Gasteiger partial charge in [0.2, 0.25) is 0 Å². The smallest absolute Gasteiger partial charge is 0.416 e. The van der Waals surface area contributed by atoms with E-state index in [1.165, 1.54) is 19.6 Å². The molecule has 0 radical (unpaired) electrons. The quantitative estimate of drug-likeness (QED) is 0.222. The van der Waals surface area contributed by atoms with Crippen LogP contribution in [0.25, 0.3) is 0 Å². The van der Waals surface area contributed by atoms with E-state index >= 15 is 0 Å². The number of methoxy groups -OCH3 is 3. The first-order valence-electron chi connectivity index (χ1n) is 10.6. The highest BCUT2D eigenvalue weighted by molar-refractivity contribution is 7.13. The van der Waals surface area contributed by atoms with Crippen LogP contribution in [0.3, 0.4) is 0 Å². The summed E-state index contributed by atoms with van der Waals surface area (Å²) in [6, 6.07) is 3.64. The fourth-order valence-corrected chi connectivity index (χ4v) is 4.21. The van der Waals surface area contributed by atoms with Crippen LogP contribution in [0, 0.1) is 5.82 Å². The van der Waals surface area contributed by atoms with E-state index in [9.17, 15) is 37.1 Å². The number of hydrogen-bond acceptors (Lipinski definition) is 8. The van der Waals surface area contributed by atoms with E-state index in [2.05, 4.69) is 15.4 Å². The molecule has 1 aromatic heterocycles. The molecule has 0 fully saturated rings. The van der Waals surface area contributed by atoms with Crippen molar-refractivity contribution in [3.05, 3.63) is 63.1 Å². The average Bonchev–Trinajstić information content (AvgIpc) is 3.31. The summed E-state index contributed by atoms with van der Waals surface area (Å²) < 4.78 is 74.4. The van der Waals surface area contributed by atoms with Gasteiger partial charge in [-0.3, -0.25) is 0 Å². The summed E-state index contributed by atoms with van der Waals surface area (Å²) in [5.41, 5.74) is -2.09. The fourth-order valence-electron chi connectivity index (χ4n) is 3.31. The van der Waals surface area contributed by atoms with Crippen molar-refractivity contribution in [2.75, 3.05) is 32.0 Å². The number of carboxylic acid groups (broad SMARTS) is 1. The molecule has 0 saturated heterocycles. The number of anilines is 2. The van der Waals surface area contributed by atoms with Crippen molar-refractivity contribution in [3.8, 4) is 17.2 Å². The van der Waals surface area contributed by atoms with E-state index in [4.69, 9.17) is 14.2 Å². The fraction of sp³-hybridized carbons (Fsp3) is 0.208. The van der Waals surface area contributed by atoms with Gasteiger partial charge in [0.05, 0.1) is 38.3 Å². The molecule has 15 heteroatoms. The number of benzene rings is 2. The molecule has 3 rings (SSSR count). The molecule has 0 unspecified atom stereocenters. The Morgan fingerprint density at radius 1 is 0.949 bits per heavy atom. The summed E-state index contributed by atoms with van der Waals surface area (Å²) >= 11 is 0.717. The SMILES string of the molecule is COC(=O)c1scc(NC(=O)Nc2cc(OCc3cc(C(F)(F)F)ccc3OC)c(OC)cc2F)c1C(=O)O. The van der Waals surface area contributed by atoms with Crippen LogP contribution in [0.15, 0.2) is 35.7 Å². The Kier molecular flexibility index (Phi) is 8.85. The van der Waals surface area contributed by atoms with Crippen molar-refractivity contribution < 1.29 is 56.0 Å². The summed E-state index contributed by atoms with van der Waals surface area (Å²) in [6.45, 7) is -0.437. The van der Waals surface area contributed by atoms with Crippen molar-refractivity contribution in [2.24, 2.45) is 0 Å². The Labute approximate surface area is 222 Å². The summed E-state index contributed by atoms with van der Waals surface area (Å²) in [6.07, 6.45) is -4.61. The number of urea groups is 1. The monoisotopic (exact) mass is 572 g/mol. The average molecular weight is 572 g/mol. The van der Waals surface area contributed by atoms with Crippen LogP contribution in [-0.2, 0) is 17.5 Å². The van der Waals surface area contributed by atoms with Gasteiger partial charge in [-0.15, -0.1) is 11.3 Å². The Balaban J connectivity index is 1.84. The van der Waals surface area contributed by atoms with Crippen molar-refractivity contribution in [2.45, 2.75) is 12.8 Å². The van der Waals surface area contributed by atoms with E-state index in [1.54, 1.807) is 0 Å². The lowest BCUT2D eigenvalue weighted by Crippen LogP contribution is -2.21. The van der Waals surface area contributed by atoms with Crippen molar-refractivity contribution in [1.29, 1.82) is 0 Å². The van der Waals surface area contributed by atoms with Crippen molar-refractivity contribution in [1.82, 2.24) is 0 Å². The largest absolute Gasteiger partial charge is 0.496 e. The van der Waals surface area contributed by atoms with Gasteiger partial charge >= 0.3 is 24.1 Å². The molecule has 0 saturated carbocycles. The molecule has 0 spiro atoms. The maximum atomic E-state index is 14.7. The standard InChI is InChI=1S/C24H20F4N2O8S/c1-35-16-5-4-12(24(26,27)28)6-11(16)9-38-18-8-14(13(25)7-17(18)36-2)29-23(34)30-15-10-39-20(22(33)37-3)19(15)21(31)32/h4-8,10H,9H2,1-3H3,(H,31,32)(H2,29,30,34). The molecule has 0 bridgehead atoms. The third-order valence-electron chi connectivity index (χ3n) is 5.12. The highest BCUT2D eigenvalue weighted by Crippen LogP contribution is 2.36. The lowest BCUT2D eigenvalue weighted by molar-refractivity contribution is -0.137. The third kappa shape index (κ3) is 6.67. The summed E-state index contributed by atoms with van der Waals surface area (Å²) in [5, 5.41) is 15.0. The topological polar surface area (TPSA) is 132 Å². The zero-order valence-electron chi connectivity index (χ0n) is 20.4. The number of ether oxygens (including phenoxy) is 4. The highest BCUT2D eigenvalue weighted by atomic mass is 32.1. The summed E-state index contributed by atoms with van der Waals surface area (Å²) in [4.78, 5) is 35.7. The Morgan fingerprint density at radius 2 is 1.62 bits per heavy atom. The second-order valence-electron chi connectivity index (χ2n) is 7.53. The maximum Gasteiger partial charge on any atom is 0.416 e. The molecule has 0 aliphatic heterocycles. The number of carbonyl (C=O) groups excluding carboxylic acids is 2. The van der Waals surface area contributed by atoms with E-state index in [0.717, 1.165) is 37.4 Å². The summed E-state index contributed by atoms with van der Waals surface area (Å²) in [5.74, 6) is -3.56. The number of nitrogens with one attached hydrogen (secondary N) is 2. The molecule has 1 heterocycles. The first-order chi connectivity index (χ1) is 18.4. The zero-order valence-corrected chi connectivity index (χ0v) is 21.2. The van der Waals surface area contributed by atoms with E-state index in [0.29, 0.717) is 11.3 Å². The minimum Gasteiger partial charge on any atom is -0.496 e. The molecule has 0 aliphatic rings. The van der Waals surface area contributed by atoms with Gasteiger partial charge in [0.15, 0.2) is 17.3 Å². The van der Waals surface area contributed by atoms with Crippen LogP contribution in [0.2, 0.25) is 0 Å². The number of carbonyl (C=O) groups is 3. The van der Waals surface area contributed by atoms with E-state index in [-0.39, 0.29) is 33.4 Å². The van der Waals surface area contributed by atoms with Gasteiger partial charge in [-0.1, -0.05) is 0 Å². The number of halogens is 4. The normalized spacial score (nSPS) is 10.9. The van der Waals surface area contributed by atoms with Gasteiger partial charge in [0.25, 0.3) is 0 Å². The molecule has 39 heavy (non-hydrogen) atoms. The first-order valence-corrected chi connectivity index (χ1v) is 11.5. The van der Waals surface area contributed by atoms with Crippen LogP contribution < -0.4 is 24.8 Å². The number of carboxylic acids is 1. The predicted molar refractivity (Wildman–Crippen MR) is 131 cm³/mol. The Hall–Kier alpha value is -4.53. The first kappa shape index (κ1) is 29.0. The predicted octanol–water partition coefficient (Wildman–Crippen LogP) is 5.63. The molecule has 10 nitrogen and oxygen atoms in total. The highest BCUT2D eigenvalue weighted by Gasteiger charge is 2.31. The molecule has 208 valence electrons. The van der Waals surface area contributed by atoms with Crippen LogP contribution >= 0.6 is 11.3 Å². The minimum atomic E-state index is -4.61. The van der Waals surface area contributed by atoms with Crippen LogP contribution in [0.4, 0.5) is 33.7 Å². The van der Waals surface area contributed by atoms with Gasteiger partial charge in [0, 0.05) is 23.1 Å². The zero-order chi connectivity index (χ0) is 28.9. The van der Waals surface area contributed by atoms with Gasteiger partial charge < -0.3 is 34.7 Å². The van der Waals surface area contributed by atoms with Gasteiger partial charge in [-0.05, 0) is 18.2 Å². The number of alkyl halides is 3. The van der Waals surface area contributed by atoms with Crippen molar-refractivity contribution >= 4 is 40.7 Å². The van der Waals surface area contributed by atoms with Crippen LogP contribution in [-0.4, -0.2) is 44.4 Å². The van der Waals surface area contributed by atoms with Crippen molar-refractivity contribution in [3.63, 3.8) is 0 Å². The Bertz CT molecular complexity index is 1410. The molecule has 2 amide bonds. The molecular weight excluding hydrogens is 552 g/mol. The lowest BCUT2D eigenvalue weighted by atomic mass is 10.1. The molecule has 3 N–H and O–H groups in total. The van der Waals surface area contributed by atoms with Gasteiger partial charge in [-0.25, -0.2) is 18.8 Å². The van der Waals surface area contributed by atoms with E-state index < -0.39 is 53.4 Å². The number of amides is 2. The summed E-state index contributed by atoms with van der Waals surface area (Å²) in [7, 11) is 3.53. The van der Waals surface area contributed by atoms with Crippen LogP contribution in [0.5, 0.6) is 17.2 Å². The molecular formula is C24H20F4N2O8S. The van der Waals surface area contributed by atoms with Crippen LogP contribution in [0.1, 0.15) is 31.2 Å². The number of esters is 1. The van der Waals surface area contributed by atoms with Gasteiger partial charge in [0.1, 0.15) is 22.8 Å². The Morgan fingerprint density at radius 3 is 2.21 bits per heavy atom. The van der Waals surface area contributed by atoms with E-state index in [1.807, 2.05) is 0 Å². The second kappa shape index (κ2) is 11.9. The molecule has 0 atom stereocenters. The lowest BCUT2D eigenvalue weighted by Gasteiger charge is -2.16. The molecule has 2 aromatic carbocycles. The number of hydrogen-bond donors (Lipinski definition) is 3. The number of rotatable bonds is 9. The van der Waals surface area contributed by atoms with Gasteiger partial charge in [-0.2, -0.15) is 13.2 Å². The third-order valence-corrected chi connectivity index (χ3v) is 6.08. The molecule has 0 aliphatic carbocycles. The minimum absolute atomic E-state index is 0.0334. The number of aromatic carboxylic acids is 1. The second-order valence-corrected chi connectivity index (χ2v) is 8.40.